The van der Waals surface area contributed by atoms with Gasteiger partial charge in [0.2, 0.25) is 0 Å². The van der Waals surface area contributed by atoms with Crippen molar-refractivity contribution in [2.75, 3.05) is 5.75 Å². The second-order valence-corrected chi connectivity index (χ2v) is 9.00. The third kappa shape index (κ3) is 3.29. The highest BCUT2D eigenvalue weighted by molar-refractivity contribution is 9.15. The van der Waals surface area contributed by atoms with Gasteiger partial charge in [-0.1, -0.05) is 6.92 Å². The van der Waals surface area contributed by atoms with Crippen molar-refractivity contribution in [3.63, 3.8) is 0 Å². The average Bonchev–Trinajstić information content (AvgIpc) is 2.90. The maximum Gasteiger partial charge on any atom is 0.417 e. The molecule has 4 nitrogen and oxygen atoms in total. The Morgan fingerprint density at radius 1 is 1.15 bits per heavy atom. The van der Waals surface area contributed by atoms with Crippen molar-refractivity contribution in [2.45, 2.75) is 31.3 Å². The average molecular weight is 447 g/mol. The molecule has 26 heavy (non-hydrogen) atoms. The SMILES string of the molecule is CCS(=O)(=O)c1cc(C)cnc1C1=C(Br)c2ncc(C(F)(F)F)cc2C1. The summed E-state index contributed by atoms with van der Waals surface area (Å²) < 4.78 is 64.2. The van der Waals surface area contributed by atoms with Crippen LogP contribution in [0.2, 0.25) is 0 Å². The minimum atomic E-state index is -4.49. The molecule has 138 valence electrons. The van der Waals surface area contributed by atoms with Gasteiger partial charge in [0.1, 0.15) is 0 Å². The Labute approximate surface area is 157 Å². The molecule has 1 aliphatic carbocycles. The van der Waals surface area contributed by atoms with Crippen molar-refractivity contribution < 1.29 is 21.6 Å². The topological polar surface area (TPSA) is 59.9 Å². The van der Waals surface area contributed by atoms with E-state index in [-0.39, 0.29) is 22.8 Å². The van der Waals surface area contributed by atoms with Crippen LogP contribution in [0.15, 0.2) is 29.4 Å². The molecule has 0 fully saturated rings. The highest BCUT2D eigenvalue weighted by Crippen LogP contribution is 2.43. The second-order valence-electron chi connectivity index (χ2n) is 5.96. The summed E-state index contributed by atoms with van der Waals surface area (Å²) >= 11 is 3.36. The number of sulfone groups is 1. The smallest absolute Gasteiger partial charge is 0.255 e. The van der Waals surface area contributed by atoms with Crippen LogP contribution in [0.3, 0.4) is 0 Å². The van der Waals surface area contributed by atoms with E-state index in [9.17, 15) is 21.6 Å². The van der Waals surface area contributed by atoms with Gasteiger partial charge in [-0.15, -0.1) is 0 Å². The van der Waals surface area contributed by atoms with Crippen LogP contribution in [0.25, 0.3) is 10.1 Å². The molecule has 0 aromatic carbocycles. The third-order valence-corrected chi connectivity index (χ3v) is 6.72. The Hall–Kier alpha value is -1.74. The maximum atomic E-state index is 12.9. The van der Waals surface area contributed by atoms with Gasteiger partial charge < -0.3 is 0 Å². The zero-order valence-corrected chi connectivity index (χ0v) is 16.3. The van der Waals surface area contributed by atoms with Gasteiger partial charge in [-0.05, 0) is 51.7 Å². The molecule has 0 unspecified atom stereocenters. The molecule has 2 aromatic heterocycles. The lowest BCUT2D eigenvalue weighted by molar-refractivity contribution is -0.137. The van der Waals surface area contributed by atoms with Gasteiger partial charge in [-0.25, -0.2) is 8.42 Å². The summed E-state index contributed by atoms with van der Waals surface area (Å²) in [7, 11) is -3.55. The lowest BCUT2D eigenvalue weighted by atomic mass is 10.1. The summed E-state index contributed by atoms with van der Waals surface area (Å²) in [6, 6.07) is 2.57. The maximum absolute atomic E-state index is 12.9. The van der Waals surface area contributed by atoms with Crippen molar-refractivity contribution in [2.24, 2.45) is 0 Å². The highest BCUT2D eigenvalue weighted by atomic mass is 79.9. The van der Waals surface area contributed by atoms with Crippen LogP contribution in [0, 0.1) is 6.92 Å². The molecule has 0 saturated heterocycles. The number of aryl methyl sites for hydroxylation is 1. The summed E-state index contributed by atoms with van der Waals surface area (Å²) in [4.78, 5) is 8.25. The van der Waals surface area contributed by atoms with Gasteiger partial charge in [0.05, 0.1) is 27.6 Å². The predicted octanol–water partition coefficient (Wildman–Crippen LogP) is 4.42. The first-order valence-electron chi connectivity index (χ1n) is 7.69. The van der Waals surface area contributed by atoms with E-state index in [4.69, 9.17) is 0 Å². The molecular formula is C17H14BrF3N2O2S. The molecule has 0 aliphatic heterocycles. The van der Waals surface area contributed by atoms with Gasteiger partial charge in [0.25, 0.3) is 0 Å². The third-order valence-electron chi connectivity index (χ3n) is 4.12. The number of hydrogen-bond acceptors (Lipinski definition) is 4. The van der Waals surface area contributed by atoms with Crippen LogP contribution in [-0.2, 0) is 22.4 Å². The van der Waals surface area contributed by atoms with Crippen molar-refractivity contribution in [1.29, 1.82) is 0 Å². The molecule has 0 N–H and O–H groups in total. The first-order chi connectivity index (χ1) is 12.0. The van der Waals surface area contributed by atoms with Crippen LogP contribution < -0.4 is 0 Å². The molecule has 0 radical (unpaired) electrons. The zero-order valence-electron chi connectivity index (χ0n) is 13.9. The van der Waals surface area contributed by atoms with Gasteiger partial charge >= 0.3 is 6.18 Å². The summed E-state index contributed by atoms with van der Waals surface area (Å²) in [6.45, 7) is 3.26. The number of fused-ring (bicyclic) bond motifs is 1. The summed E-state index contributed by atoms with van der Waals surface area (Å²) in [5.41, 5.74) is 1.36. The van der Waals surface area contributed by atoms with E-state index in [1.165, 1.54) is 19.2 Å². The number of pyridine rings is 2. The molecule has 0 spiro atoms. The summed E-state index contributed by atoms with van der Waals surface area (Å²) in [5.74, 6) is -0.0978. The lowest BCUT2D eigenvalue weighted by Crippen LogP contribution is -2.09. The van der Waals surface area contributed by atoms with E-state index >= 15 is 0 Å². The lowest BCUT2D eigenvalue weighted by Gasteiger charge is -2.11. The molecule has 0 atom stereocenters. The molecule has 0 amide bonds. The largest absolute Gasteiger partial charge is 0.417 e. The van der Waals surface area contributed by atoms with E-state index in [0.717, 1.165) is 12.3 Å². The number of alkyl halides is 3. The molecule has 2 heterocycles. The van der Waals surface area contributed by atoms with Crippen LogP contribution in [0.5, 0.6) is 0 Å². The van der Waals surface area contributed by atoms with Gasteiger partial charge in [-0.2, -0.15) is 13.2 Å². The summed E-state index contributed by atoms with van der Waals surface area (Å²) in [6.07, 6.45) is -2.06. The Kier molecular flexibility index (Phi) is 4.72. The van der Waals surface area contributed by atoms with Crippen molar-refractivity contribution in [3.05, 3.63) is 52.6 Å². The first kappa shape index (κ1) is 19.0. The Morgan fingerprint density at radius 3 is 2.42 bits per heavy atom. The number of allylic oxidation sites excluding steroid dienone is 1. The van der Waals surface area contributed by atoms with E-state index in [2.05, 4.69) is 25.9 Å². The number of rotatable bonds is 3. The number of nitrogens with zero attached hydrogens (tertiary/aromatic N) is 2. The standard InChI is InChI=1S/C17H14BrF3N2O2S/c1-3-26(24,25)13-4-9(2)7-22-16(13)12-6-10-5-11(17(19,20)21)8-23-15(10)14(12)18/h4-5,7-8H,3,6H2,1-2H3. The fourth-order valence-corrected chi connectivity index (χ4v) is 4.59. The van der Waals surface area contributed by atoms with Gasteiger partial charge in [0.15, 0.2) is 9.84 Å². The van der Waals surface area contributed by atoms with Gasteiger partial charge in [-0.3, -0.25) is 9.97 Å². The quantitative estimate of drug-likeness (QED) is 0.699. The number of aromatic nitrogens is 2. The minimum absolute atomic E-state index is 0.0794. The normalized spacial score (nSPS) is 14.7. The van der Waals surface area contributed by atoms with Crippen molar-refractivity contribution in [3.8, 4) is 0 Å². The zero-order chi connectivity index (χ0) is 19.3. The minimum Gasteiger partial charge on any atom is -0.255 e. The van der Waals surface area contributed by atoms with Crippen LogP contribution in [0.4, 0.5) is 13.2 Å². The number of hydrogen-bond donors (Lipinski definition) is 0. The Bertz CT molecular complexity index is 1030. The second kappa shape index (κ2) is 6.45. The van der Waals surface area contributed by atoms with E-state index in [0.29, 0.717) is 26.9 Å². The number of halogens is 4. The van der Waals surface area contributed by atoms with E-state index < -0.39 is 21.6 Å². The van der Waals surface area contributed by atoms with Crippen molar-refractivity contribution >= 4 is 35.8 Å². The van der Waals surface area contributed by atoms with E-state index in [1.54, 1.807) is 6.92 Å². The molecule has 1 aliphatic rings. The first-order valence-corrected chi connectivity index (χ1v) is 10.1. The molecule has 0 bridgehead atoms. The predicted molar refractivity (Wildman–Crippen MR) is 95.4 cm³/mol. The Balaban J connectivity index is 2.14. The molecular weight excluding hydrogens is 433 g/mol. The van der Waals surface area contributed by atoms with Crippen LogP contribution >= 0.6 is 15.9 Å². The fraction of sp³-hybridized carbons (Fsp3) is 0.294. The Morgan fingerprint density at radius 2 is 1.81 bits per heavy atom. The fourth-order valence-electron chi connectivity index (χ4n) is 2.76. The monoisotopic (exact) mass is 446 g/mol. The molecule has 2 aromatic rings. The van der Waals surface area contributed by atoms with Crippen LogP contribution in [0.1, 0.15) is 35.0 Å². The van der Waals surface area contributed by atoms with Crippen molar-refractivity contribution in [1.82, 2.24) is 9.97 Å². The summed E-state index contributed by atoms with van der Waals surface area (Å²) in [5, 5.41) is 0. The van der Waals surface area contributed by atoms with Crippen LogP contribution in [-0.4, -0.2) is 24.1 Å². The molecule has 0 saturated carbocycles. The highest BCUT2D eigenvalue weighted by Gasteiger charge is 2.34. The molecule has 9 heteroatoms. The van der Waals surface area contributed by atoms with E-state index in [1.807, 2.05) is 0 Å². The molecule has 3 rings (SSSR count). The van der Waals surface area contributed by atoms with Gasteiger partial charge in [0, 0.05) is 23.3 Å².